The number of nitrogens with one attached hydrogen (secondary N) is 2. The second-order valence-electron chi connectivity index (χ2n) is 11.0. The number of carbonyl (C=O) groups is 2. The fourth-order valence-corrected chi connectivity index (χ4v) is 4.55. The summed E-state index contributed by atoms with van der Waals surface area (Å²) in [4.78, 5) is 38.1. The van der Waals surface area contributed by atoms with E-state index in [1.165, 1.54) is 16.8 Å². The molecule has 14 nitrogen and oxygen atoms in total. The molecule has 3 heterocycles. The van der Waals surface area contributed by atoms with Crippen LogP contribution in [0.25, 0.3) is 0 Å². The lowest BCUT2D eigenvalue weighted by atomic mass is 9.98. The van der Waals surface area contributed by atoms with Crippen molar-refractivity contribution in [3.8, 4) is 0 Å². The van der Waals surface area contributed by atoms with Gasteiger partial charge in [-0.3, -0.25) is 28.5 Å². The molecule has 214 valence electrons. The Labute approximate surface area is 224 Å². The molecule has 0 saturated carbocycles. The Morgan fingerprint density at radius 1 is 1.13 bits per heavy atom. The maximum Gasteiger partial charge on any atom is 0.480 e. The van der Waals surface area contributed by atoms with Crippen molar-refractivity contribution in [3.05, 3.63) is 27.4 Å². The molecule has 0 radical (unpaired) electrons. The van der Waals surface area contributed by atoms with Gasteiger partial charge in [-0.25, -0.2) is 13.6 Å². The van der Waals surface area contributed by atoms with Crippen LogP contribution in [0.4, 0.5) is 0 Å². The average molecular weight is 580 g/mol. The Bertz CT molecular complexity index is 1160. The van der Waals surface area contributed by atoms with Crippen molar-refractivity contribution >= 4 is 32.0 Å². The Balaban J connectivity index is 1.69. The van der Waals surface area contributed by atoms with Gasteiger partial charge >= 0.3 is 19.8 Å². The van der Waals surface area contributed by atoms with Gasteiger partial charge in [-0.05, 0) is 53.8 Å². The zero-order chi connectivity index (χ0) is 28.5. The number of ether oxygens (including phenoxy) is 3. The molecule has 3 rings (SSSR count). The number of phosphoric ester groups is 1. The SMILES string of the molecule is CC(C)(C)C(=O)OCOP(=O)(OCOC(=O)C(C)(C)C)OC[C@H]1OC(n2ccc(=O)[nH]c2=S)[C@]2(CN2)C1O. The van der Waals surface area contributed by atoms with Crippen molar-refractivity contribution < 1.29 is 47.0 Å². The fraction of sp³-hybridized carbons (Fsp3) is 0.727. The molecule has 16 heteroatoms. The number of aromatic nitrogens is 2. The van der Waals surface area contributed by atoms with Gasteiger partial charge in [0, 0.05) is 18.8 Å². The molecule has 38 heavy (non-hydrogen) atoms. The van der Waals surface area contributed by atoms with Crippen molar-refractivity contribution in [1.29, 1.82) is 0 Å². The number of phosphoric acid groups is 1. The topological polar surface area (TPSA) is 187 Å². The van der Waals surface area contributed by atoms with Crippen LogP contribution in [0.2, 0.25) is 0 Å². The highest BCUT2D eigenvalue weighted by atomic mass is 32.1. The Morgan fingerprint density at radius 3 is 2.11 bits per heavy atom. The van der Waals surface area contributed by atoms with Crippen LogP contribution in [-0.4, -0.2) is 71.1 Å². The summed E-state index contributed by atoms with van der Waals surface area (Å²) < 4.78 is 46.4. The standard InChI is InChI=1S/C22H34N3O11PS/c1-20(2,3)17(28)31-11-34-37(30,35-12-32-18(29)21(4,5)6)33-9-13-15(27)22(10-23-22)16(36-13)25-8-7-14(26)24-19(25)38/h7-8,13,15-16,23,27H,9-12H2,1-6H3,(H,24,26,38)/t13-,15?,16?,22+/m1/s1. The maximum atomic E-state index is 13.3. The highest BCUT2D eigenvalue weighted by Gasteiger charge is 2.64. The molecule has 2 unspecified atom stereocenters. The average Bonchev–Trinajstić information content (AvgIpc) is 3.55. The van der Waals surface area contributed by atoms with Crippen molar-refractivity contribution in [3.63, 3.8) is 0 Å². The Kier molecular flexibility index (Phi) is 9.06. The molecule has 1 aromatic heterocycles. The minimum atomic E-state index is -4.49. The minimum Gasteiger partial charge on any atom is -0.437 e. The van der Waals surface area contributed by atoms with E-state index < -0.39 is 80.3 Å². The van der Waals surface area contributed by atoms with Crippen molar-refractivity contribution in [2.75, 3.05) is 26.7 Å². The first kappa shape index (κ1) is 30.6. The predicted molar refractivity (Wildman–Crippen MR) is 133 cm³/mol. The molecular formula is C22H34N3O11PS. The lowest BCUT2D eigenvalue weighted by molar-refractivity contribution is -0.163. The zero-order valence-electron chi connectivity index (χ0n) is 22.0. The van der Waals surface area contributed by atoms with Gasteiger partial charge in [0.25, 0.3) is 5.56 Å². The number of H-pyrrole nitrogens is 1. The van der Waals surface area contributed by atoms with E-state index in [1.54, 1.807) is 41.5 Å². The molecule has 1 aromatic rings. The second kappa shape index (κ2) is 11.3. The van der Waals surface area contributed by atoms with Crippen LogP contribution in [0.3, 0.4) is 0 Å². The summed E-state index contributed by atoms with van der Waals surface area (Å²) in [6.45, 7) is 8.11. The van der Waals surface area contributed by atoms with E-state index in [0.29, 0.717) is 6.54 Å². The Morgan fingerprint density at radius 2 is 1.66 bits per heavy atom. The van der Waals surface area contributed by atoms with Gasteiger partial charge in [-0.2, -0.15) is 0 Å². The van der Waals surface area contributed by atoms with Crippen LogP contribution in [0.1, 0.15) is 47.8 Å². The largest absolute Gasteiger partial charge is 0.480 e. The predicted octanol–water partition coefficient (Wildman–Crippen LogP) is 1.76. The number of aliphatic hydroxyl groups is 1. The van der Waals surface area contributed by atoms with Gasteiger partial charge in [0.15, 0.2) is 11.0 Å². The lowest BCUT2D eigenvalue weighted by Crippen LogP contribution is -2.39. The maximum absolute atomic E-state index is 13.3. The van der Waals surface area contributed by atoms with E-state index in [0.717, 1.165) is 0 Å². The van der Waals surface area contributed by atoms with Crippen LogP contribution >= 0.6 is 20.0 Å². The summed E-state index contributed by atoms with van der Waals surface area (Å²) in [7, 11) is -4.49. The third kappa shape index (κ3) is 7.16. The third-order valence-electron chi connectivity index (χ3n) is 5.74. The van der Waals surface area contributed by atoms with Crippen molar-refractivity contribution in [1.82, 2.24) is 14.9 Å². The van der Waals surface area contributed by atoms with E-state index in [1.807, 2.05) is 0 Å². The third-order valence-corrected chi connectivity index (χ3v) is 7.36. The first-order chi connectivity index (χ1) is 17.5. The summed E-state index contributed by atoms with van der Waals surface area (Å²) in [5, 5.41) is 14.0. The van der Waals surface area contributed by atoms with E-state index >= 15 is 0 Å². The summed E-state index contributed by atoms with van der Waals surface area (Å²) in [5.41, 5.74) is -3.00. The molecule has 0 bridgehead atoms. The van der Waals surface area contributed by atoms with E-state index in [9.17, 15) is 24.1 Å². The first-order valence-corrected chi connectivity index (χ1v) is 13.6. The van der Waals surface area contributed by atoms with Gasteiger partial charge in [-0.1, -0.05) is 0 Å². The van der Waals surface area contributed by atoms with Gasteiger partial charge in [0.2, 0.25) is 13.6 Å². The quantitative estimate of drug-likeness (QED) is 0.120. The van der Waals surface area contributed by atoms with Crippen LogP contribution in [0.15, 0.2) is 17.1 Å². The van der Waals surface area contributed by atoms with Crippen LogP contribution < -0.4 is 10.9 Å². The summed E-state index contributed by atoms with van der Waals surface area (Å²) in [5.74, 6) is -1.25. The number of esters is 2. The van der Waals surface area contributed by atoms with Gasteiger partial charge in [0.1, 0.15) is 17.7 Å². The number of aromatic amines is 1. The lowest BCUT2D eigenvalue weighted by Gasteiger charge is -2.23. The van der Waals surface area contributed by atoms with Gasteiger partial charge < -0.3 is 24.6 Å². The highest BCUT2D eigenvalue weighted by Crippen LogP contribution is 2.51. The monoisotopic (exact) mass is 579 g/mol. The first-order valence-electron chi connectivity index (χ1n) is 11.8. The van der Waals surface area contributed by atoms with Crippen LogP contribution in [0, 0.1) is 15.6 Å². The second-order valence-corrected chi connectivity index (χ2v) is 13.0. The number of carbonyl (C=O) groups excluding carboxylic acids is 2. The molecule has 2 aliphatic heterocycles. The minimum absolute atomic E-state index is 0.0861. The number of hydrogen-bond donors (Lipinski definition) is 3. The molecule has 0 amide bonds. The number of aliphatic hydroxyl groups excluding tert-OH is 1. The fourth-order valence-electron chi connectivity index (χ4n) is 3.38. The summed E-state index contributed by atoms with van der Waals surface area (Å²) in [6, 6.07) is 1.26. The van der Waals surface area contributed by atoms with E-state index in [4.69, 9.17) is 40.0 Å². The number of hydrogen-bond acceptors (Lipinski definition) is 13. The van der Waals surface area contributed by atoms with E-state index in [2.05, 4.69) is 10.3 Å². The smallest absolute Gasteiger partial charge is 0.437 e. The molecule has 2 saturated heterocycles. The normalized spacial score (nSPS) is 25.4. The molecular weight excluding hydrogens is 545 g/mol. The molecule has 0 aromatic carbocycles. The highest BCUT2D eigenvalue weighted by molar-refractivity contribution is 7.71. The summed E-state index contributed by atoms with van der Waals surface area (Å²) >= 11 is 5.22. The number of rotatable bonds is 10. The summed E-state index contributed by atoms with van der Waals surface area (Å²) in [6.07, 6.45) is -1.53. The molecule has 2 fully saturated rings. The van der Waals surface area contributed by atoms with Crippen molar-refractivity contribution in [2.45, 2.75) is 65.5 Å². The Hall–Kier alpha value is -1.97. The molecule has 0 aliphatic carbocycles. The molecule has 1 spiro atoms. The van der Waals surface area contributed by atoms with E-state index in [-0.39, 0.29) is 4.77 Å². The van der Waals surface area contributed by atoms with Gasteiger partial charge in [-0.15, -0.1) is 0 Å². The molecule has 4 atom stereocenters. The zero-order valence-corrected chi connectivity index (χ0v) is 23.8. The van der Waals surface area contributed by atoms with Crippen molar-refractivity contribution in [2.24, 2.45) is 10.8 Å². The molecule has 3 N–H and O–H groups in total. The van der Waals surface area contributed by atoms with Crippen LogP contribution in [0.5, 0.6) is 0 Å². The van der Waals surface area contributed by atoms with Gasteiger partial charge in [0.05, 0.1) is 17.4 Å². The van der Waals surface area contributed by atoms with Crippen LogP contribution in [-0.2, 0) is 41.9 Å². The molecule has 2 aliphatic rings. The number of nitrogens with zero attached hydrogens (tertiary/aromatic N) is 1.